The van der Waals surface area contributed by atoms with E-state index in [-0.39, 0.29) is 5.82 Å². The van der Waals surface area contributed by atoms with Crippen molar-refractivity contribution in [1.82, 2.24) is 5.32 Å². The number of methoxy groups -OCH3 is 1. The van der Waals surface area contributed by atoms with Gasteiger partial charge in [0.1, 0.15) is 22.9 Å². The maximum atomic E-state index is 13.0. The van der Waals surface area contributed by atoms with Gasteiger partial charge in [0.25, 0.3) is 0 Å². The predicted octanol–water partition coefficient (Wildman–Crippen LogP) is 2.80. The number of furan rings is 1. The van der Waals surface area contributed by atoms with Gasteiger partial charge in [0.2, 0.25) is 0 Å². The number of benzene rings is 1. The third kappa shape index (κ3) is 3.45. The minimum atomic E-state index is -0.414. The molecule has 0 aliphatic heterocycles. The second kappa shape index (κ2) is 6.34. The first-order valence-corrected chi connectivity index (χ1v) is 6.23. The average molecular weight is 277 g/mol. The van der Waals surface area contributed by atoms with E-state index in [0.717, 1.165) is 5.56 Å². The monoisotopic (exact) mass is 277 g/mol. The molecule has 106 valence electrons. The zero-order chi connectivity index (χ0) is 14.5. The summed E-state index contributed by atoms with van der Waals surface area (Å²) in [7, 11) is 1.33. The fourth-order valence-electron chi connectivity index (χ4n) is 1.92. The van der Waals surface area contributed by atoms with Crippen molar-refractivity contribution < 1.29 is 18.3 Å². The maximum absolute atomic E-state index is 13.0. The van der Waals surface area contributed by atoms with Gasteiger partial charge in [-0.2, -0.15) is 0 Å². The first-order chi connectivity index (χ1) is 9.60. The highest BCUT2D eigenvalue weighted by atomic mass is 19.1. The van der Waals surface area contributed by atoms with Gasteiger partial charge in [-0.05, 0) is 30.7 Å². The average Bonchev–Trinajstić information content (AvgIpc) is 2.79. The van der Waals surface area contributed by atoms with Gasteiger partial charge in [-0.3, -0.25) is 0 Å². The summed E-state index contributed by atoms with van der Waals surface area (Å²) in [4.78, 5) is 11.4. The summed E-state index contributed by atoms with van der Waals surface area (Å²) in [5.41, 5.74) is 1.27. The van der Waals surface area contributed by atoms with Crippen LogP contribution in [0.4, 0.5) is 4.39 Å². The van der Waals surface area contributed by atoms with Crippen LogP contribution in [0, 0.1) is 12.7 Å². The molecule has 5 heteroatoms. The Morgan fingerprint density at radius 3 is 2.85 bits per heavy atom. The number of hydrogen-bond donors (Lipinski definition) is 1. The zero-order valence-corrected chi connectivity index (χ0v) is 11.4. The highest BCUT2D eigenvalue weighted by molar-refractivity contribution is 5.90. The van der Waals surface area contributed by atoms with E-state index in [2.05, 4.69) is 10.1 Å². The van der Waals surface area contributed by atoms with Crippen LogP contribution in [0.2, 0.25) is 0 Å². The molecular weight excluding hydrogens is 261 g/mol. The second-order valence-electron chi connectivity index (χ2n) is 4.41. The van der Waals surface area contributed by atoms with E-state index in [0.29, 0.717) is 30.2 Å². The number of nitrogens with one attached hydrogen (secondary N) is 1. The van der Waals surface area contributed by atoms with E-state index in [1.807, 2.05) is 6.07 Å². The lowest BCUT2D eigenvalue weighted by atomic mass is 10.2. The van der Waals surface area contributed by atoms with E-state index in [4.69, 9.17) is 4.42 Å². The smallest absolute Gasteiger partial charge is 0.341 e. The number of hydrogen-bond acceptors (Lipinski definition) is 4. The molecular formula is C15H16FNO3. The zero-order valence-electron chi connectivity index (χ0n) is 11.4. The number of carbonyl (C=O) groups is 1. The molecule has 1 aromatic heterocycles. The van der Waals surface area contributed by atoms with Gasteiger partial charge >= 0.3 is 5.97 Å². The van der Waals surface area contributed by atoms with Gasteiger partial charge in [-0.25, -0.2) is 9.18 Å². The molecule has 0 amide bonds. The van der Waals surface area contributed by atoms with Gasteiger partial charge in [0.15, 0.2) is 0 Å². The standard InChI is InChI=1S/C15H16FNO3/c1-10-14(15(18)19-2)7-13(20-10)9-17-8-11-4-3-5-12(16)6-11/h3-7,17H,8-9H2,1-2H3. The van der Waals surface area contributed by atoms with Crippen LogP contribution in [0.1, 0.15) is 27.4 Å². The number of carbonyl (C=O) groups excluding carboxylic acids is 1. The Labute approximate surface area is 116 Å². The van der Waals surface area contributed by atoms with E-state index in [1.165, 1.54) is 19.2 Å². The molecule has 4 nitrogen and oxygen atoms in total. The lowest BCUT2D eigenvalue weighted by Crippen LogP contribution is -2.12. The highest BCUT2D eigenvalue weighted by Gasteiger charge is 2.14. The first kappa shape index (κ1) is 14.3. The minimum Gasteiger partial charge on any atom is -0.465 e. The molecule has 0 spiro atoms. The number of esters is 1. The Kier molecular flexibility index (Phi) is 4.53. The van der Waals surface area contributed by atoms with Crippen molar-refractivity contribution in [3.8, 4) is 0 Å². The SMILES string of the molecule is COC(=O)c1cc(CNCc2cccc(F)c2)oc1C. The lowest BCUT2D eigenvalue weighted by molar-refractivity contribution is 0.0599. The van der Waals surface area contributed by atoms with Crippen molar-refractivity contribution >= 4 is 5.97 Å². The highest BCUT2D eigenvalue weighted by Crippen LogP contribution is 2.15. The molecule has 1 heterocycles. The largest absolute Gasteiger partial charge is 0.465 e. The van der Waals surface area contributed by atoms with Gasteiger partial charge in [-0.15, -0.1) is 0 Å². The van der Waals surface area contributed by atoms with Crippen molar-refractivity contribution in [3.05, 3.63) is 58.8 Å². The third-order valence-electron chi connectivity index (χ3n) is 2.89. The van der Waals surface area contributed by atoms with Crippen molar-refractivity contribution in [2.45, 2.75) is 20.0 Å². The summed E-state index contributed by atoms with van der Waals surface area (Å²) in [6, 6.07) is 8.03. The van der Waals surface area contributed by atoms with Gasteiger partial charge < -0.3 is 14.5 Å². The Morgan fingerprint density at radius 1 is 1.35 bits per heavy atom. The molecule has 0 radical (unpaired) electrons. The summed E-state index contributed by atoms with van der Waals surface area (Å²) in [6.07, 6.45) is 0. The Morgan fingerprint density at radius 2 is 2.15 bits per heavy atom. The van der Waals surface area contributed by atoms with Crippen LogP contribution in [-0.4, -0.2) is 13.1 Å². The first-order valence-electron chi connectivity index (χ1n) is 6.23. The Balaban J connectivity index is 1.93. The summed E-state index contributed by atoms with van der Waals surface area (Å²) < 4.78 is 23.1. The van der Waals surface area contributed by atoms with Gasteiger partial charge in [0.05, 0.1) is 13.7 Å². The van der Waals surface area contributed by atoms with Crippen LogP contribution in [0.5, 0.6) is 0 Å². The van der Waals surface area contributed by atoms with E-state index in [9.17, 15) is 9.18 Å². The van der Waals surface area contributed by atoms with Crippen LogP contribution < -0.4 is 5.32 Å². The Bertz CT molecular complexity index is 607. The summed E-state index contributed by atoms with van der Waals surface area (Å²) in [6.45, 7) is 2.68. The fourth-order valence-corrected chi connectivity index (χ4v) is 1.92. The molecule has 20 heavy (non-hydrogen) atoms. The molecule has 1 aromatic carbocycles. The normalized spacial score (nSPS) is 10.6. The molecule has 0 atom stereocenters. The molecule has 1 N–H and O–H groups in total. The number of aryl methyl sites for hydroxylation is 1. The lowest BCUT2D eigenvalue weighted by Gasteiger charge is -2.02. The van der Waals surface area contributed by atoms with Crippen LogP contribution >= 0.6 is 0 Å². The van der Waals surface area contributed by atoms with Gasteiger partial charge in [-0.1, -0.05) is 12.1 Å². The van der Waals surface area contributed by atoms with E-state index >= 15 is 0 Å². The van der Waals surface area contributed by atoms with Crippen LogP contribution in [0.25, 0.3) is 0 Å². The minimum absolute atomic E-state index is 0.258. The topological polar surface area (TPSA) is 51.5 Å². The molecule has 2 rings (SSSR count). The van der Waals surface area contributed by atoms with Gasteiger partial charge in [0, 0.05) is 6.54 Å². The van der Waals surface area contributed by atoms with Crippen molar-refractivity contribution in [3.63, 3.8) is 0 Å². The van der Waals surface area contributed by atoms with Crippen LogP contribution in [-0.2, 0) is 17.8 Å². The van der Waals surface area contributed by atoms with E-state index in [1.54, 1.807) is 19.1 Å². The third-order valence-corrected chi connectivity index (χ3v) is 2.89. The van der Waals surface area contributed by atoms with Crippen LogP contribution in [0.15, 0.2) is 34.7 Å². The maximum Gasteiger partial charge on any atom is 0.341 e. The molecule has 0 aliphatic carbocycles. The molecule has 0 fully saturated rings. The summed E-state index contributed by atoms with van der Waals surface area (Å²) >= 11 is 0. The number of halogens is 1. The van der Waals surface area contributed by atoms with E-state index < -0.39 is 5.97 Å². The predicted molar refractivity (Wildman–Crippen MR) is 71.7 cm³/mol. The number of ether oxygens (including phenoxy) is 1. The number of rotatable bonds is 5. The summed E-state index contributed by atoms with van der Waals surface area (Å²) in [5, 5.41) is 3.13. The molecule has 0 aliphatic rings. The molecule has 0 saturated carbocycles. The van der Waals surface area contributed by atoms with Crippen LogP contribution in [0.3, 0.4) is 0 Å². The van der Waals surface area contributed by atoms with Crippen molar-refractivity contribution in [2.24, 2.45) is 0 Å². The molecule has 0 bridgehead atoms. The second-order valence-corrected chi connectivity index (χ2v) is 4.41. The van der Waals surface area contributed by atoms with Crippen molar-refractivity contribution in [1.29, 1.82) is 0 Å². The molecule has 0 unspecified atom stereocenters. The summed E-state index contributed by atoms with van der Waals surface area (Å²) in [5.74, 6) is 0.493. The Hall–Kier alpha value is -2.14. The quantitative estimate of drug-likeness (QED) is 0.854. The molecule has 2 aromatic rings. The molecule has 0 saturated heterocycles. The fraction of sp³-hybridized carbons (Fsp3) is 0.267. The van der Waals surface area contributed by atoms with Crippen molar-refractivity contribution in [2.75, 3.05) is 7.11 Å².